The lowest BCUT2D eigenvalue weighted by Crippen LogP contribution is -2.48. The van der Waals surface area contributed by atoms with E-state index in [2.05, 4.69) is 19.6 Å². The predicted molar refractivity (Wildman–Crippen MR) is 194 cm³/mol. The van der Waals surface area contributed by atoms with Gasteiger partial charge >= 0.3 is 5.97 Å². The Labute approximate surface area is 289 Å². The Bertz CT molecular complexity index is 1510. The van der Waals surface area contributed by atoms with E-state index in [-0.39, 0.29) is 34.8 Å². The van der Waals surface area contributed by atoms with E-state index in [0.29, 0.717) is 37.7 Å². The van der Waals surface area contributed by atoms with Gasteiger partial charge in [-0.2, -0.15) is 0 Å². The van der Waals surface area contributed by atoms with E-state index in [1.54, 1.807) is 6.92 Å². The standard InChI is InChI=1S/C42H58O6/c1-29(18-14-19-31(3)22-23-37-38(6,7)26-35(47-33(5)43)27-40(37,10)46)16-12-13-17-30(2)20-15-21-32(4)36(45)28-42-39(8,9)24-34(44)25-41(42,11)48-42/h12-22,34-35,44,46H,24-28H2,1-11H3/t23?,34-,35?,40+,41+,42-/m0/s1. The summed E-state index contributed by atoms with van der Waals surface area (Å²) in [6.45, 7) is 21.4. The molecule has 1 heterocycles. The zero-order chi connectivity index (χ0) is 36.1. The van der Waals surface area contributed by atoms with Gasteiger partial charge < -0.3 is 19.7 Å². The van der Waals surface area contributed by atoms with Crippen LogP contribution in [0.5, 0.6) is 0 Å². The Kier molecular flexibility index (Phi) is 12.3. The number of hydrogen-bond acceptors (Lipinski definition) is 6. The van der Waals surface area contributed by atoms with Crippen molar-refractivity contribution < 1.29 is 29.3 Å². The van der Waals surface area contributed by atoms with E-state index in [1.807, 2.05) is 115 Å². The first kappa shape index (κ1) is 39.2. The zero-order valence-corrected chi connectivity index (χ0v) is 31.1. The largest absolute Gasteiger partial charge is 0.462 e. The van der Waals surface area contributed by atoms with Gasteiger partial charge in [0.1, 0.15) is 11.7 Å². The van der Waals surface area contributed by atoms with Crippen molar-refractivity contribution in [2.24, 2.45) is 10.8 Å². The van der Waals surface area contributed by atoms with Gasteiger partial charge in [0.15, 0.2) is 5.78 Å². The van der Waals surface area contributed by atoms with Crippen molar-refractivity contribution in [3.05, 3.63) is 100 Å². The first-order valence-corrected chi connectivity index (χ1v) is 17.1. The van der Waals surface area contributed by atoms with E-state index in [0.717, 1.165) is 22.3 Å². The SMILES string of the molecule is CC(=O)OC1CC(C)(C)C(=C=CC(C)=CC=CC(C)=CC=CC=C(C)C=CC=C(C)C(=O)C[C@@]23O[C@]2(C)C[C@@H](O)CC3(C)C)[C@](C)(O)C1. The number of rotatable bonds is 11. The maximum Gasteiger partial charge on any atom is 0.302 e. The van der Waals surface area contributed by atoms with E-state index in [4.69, 9.17) is 9.47 Å². The Morgan fingerprint density at radius 1 is 0.812 bits per heavy atom. The monoisotopic (exact) mass is 658 g/mol. The topological polar surface area (TPSA) is 96.4 Å². The molecule has 3 fully saturated rings. The summed E-state index contributed by atoms with van der Waals surface area (Å²) in [7, 11) is 0. The van der Waals surface area contributed by atoms with Crippen LogP contribution in [0, 0.1) is 10.8 Å². The number of carbonyl (C=O) groups excluding carboxylic acids is 2. The molecule has 48 heavy (non-hydrogen) atoms. The van der Waals surface area contributed by atoms with Crippen LogP contribution in [-0.2, 0) is 19.1 Å². The van der Waals surface area contributed by atoms with Crippen LogP contribution >= 0.6 is 0 Å². The Hall–Kier alpha value is -3.28. The summed E-state index contributed by atoms with van der Waals surface area (Å²) in [5.41, 5.74) is 5.35. The molecule has 2 saturated carbocycles. The molecule has 0 amide bonds. The molecule has 0 radical (unpaired) electrons. The summed E-state index contributed by atoms with van der Waals surface area (Å²) in [5.74, 6) is -0.244. The highest BCUT2D eigenvalue weighted by molar-refractivity contribution is 5.96. The molecule has 0 spiro atoms. The number of hydrogen-bond donors (Lipinski definition) is 2. The number of Topliss-reactive ketones (excluding diaryl/α,β-unsaturated/α-hetero) is 1. The molecule has 0 bridgehead atoms. The van der Waals surface area contributed by atoms with Crippen molar-refractivity contribution >= 4 is 11.8 Å². The van der Waals surface area contributed by atoms with Crippen LogP contribution in [0.2, 0.25) is 0 Å². The van der Waals surface area contributed by atoms with Gasteiger partial charge in [0, 0.05) is 31.8 Å². The third-order valence-corrected chi connectivity index (χ3v) is 10.1. The van der Waals surface area contributed by atoms with E-state index < -0.39 is 16.8 Å². The van der Waals surface area contributed by atoms with Gasteiger partial charge in [-0.05, 0) is 82.4 Å². The number of carbonyl (C=O) groups is 2. The van der Waals surface area contributed by atoms with Gasteiger partial charge in [0.05, 0.1) is 17.3 Å². The fourth-order valence-electron chi connectivity index (χ4n) is 7.76. The molecule has 0 aromatic carbocycles. The fourth-order valence-corrected chi connectivity index (χ4v) is 7.76. The molecule has 0 aromatic rings. The Balaban J connectivity index is 1.54. The van der Waals surface area contributed by atoms with E-state index in [1.165, 1.54) is 6.92 Å². The van der Waals surface area contributed by atoms with Crippen LogP contribution in [0.3, 0.4) is 0 Å². The summed E-state index contributed by atoms with van der Waals surface area (Å²) in [4.78, 5) is 24.5. The average Bonchev–Trinajstić information content (AvgIpc) is 3.53. The summed E-state index contributed by atoms with van der Waals surface area (Å²) < 4.78 is 11.6. The second-order valence-electron chi connectivity index (χ2n) is 15.9. The molecule has 6 heteroatoms. The van der Waals surface area contributed by atoms with Crippen LogP contribution in [0.15, 0.2) is 100 Å². The van der Waals surface area contributed by atoms with Crippen LogP contribution in [0.4, 0.5) is 0 Å². The minimum Gasteiger partial charge on any atom is -0.462 e. The lowest BCUT2D eigenvalue weighted by Gasteiger charge is -2.44. The number of allylic oxidation sites excluding steroid dienone is 14. The quantitative estimate of drug-likeness (QED) is 0.0758. The molecular formula is C42H58O6. The van der Waals surface area contributed by atoms with Crippen molar-refractivity contribution in [3.8, 4) is 0 Å². The molecule has 1 saturated heterocycles. The highest BCUT2D eigenvalue weighted by Gasteiger charge is 2.76. The smallest absolute Gasteiger partial charge is 0.302 e. The maximum atomic E-state index is 13.1. The number of ketones is 1. The van der Waals surface area contributed by atoms with Gasteiger partial charge in [0.2, 0.25) is 0 Å². The average molecular weight is 659 g/mol. The van der Waals surface area contributed by atoms with Crippen molar-refractivity contribution in [1.82, 2.24) is 0 Å². The van der Waals surface area contributed by atoms with Crippen molar-refractivity contribution in [1.29, 1.82) is 0 Å². The molecular weight excluding hydrogens is 600 g/mol. The minimum atomic E-state index is -1.11. The lowest BCUT2D eigenvalue weighted by molar-refractivity contribution is -0.152. The van der Waals surface area contributed by atoms with Crippen molar-refractivity contribution in [3.63, 3.8) is 0 Å². The number of esters is 1. The first-order valence-electron chi connectivity index (χ1n) is 17.1. The third-order valence-electron chi connectivity index (χ3n) is 10.1. The van der Waals surface area contributed by atoms with Gasteiger partial charge in [0.25, 0.3) is 0 Å². The molecule has 262 valence electrons. The van der Waals surface area contributed by atoms with Crippen LogP contribution < -0.4 is 0 Å². The molecule has 0 aromatic heterocycles. The molecule has 1 aliphatic heterocycles. The normalized spacial score (nSPS) is 32.4. The predicted octanol–water partition coefficient (Wildman–Crippen LogP) is 8.69. The number of fused-ring (bicyclic) bond motifs is 1. The third kappa shape index (κ3) is 9.66. The maximum absolute atomic E-state index is 13.1. The minimum absolute atomic E-state index is 0.0816. The van der Waals surface area contributed by atoms with Gasteiger partial charge in [-0.15, -0.1) is 5.73 Å². The van der Waals surface area contributed by atoms with E-state index >= 15 is 0 Å². The highest BCUT2D eigenvalue weighted by Crippen LogP contribution is 2.67. The fraction of sp³-hybridized carbons (Fsp3) is 0.548. The molecule has 2 N–H and O–H groups in total. The molecule has 6 nitrogen and oxygen atoms in total. The van der Waals surface area contributed by atoms with Crippen LogP contribution in [-0.4, -0.2) is 51.0 Å². The van der Waals surface area contributed by atoms with Gasteiger partial charge in [-0.3, -0.25) is 9.59 Å². The van der Waals surface area contributed by atoms with Crippen LogP contribution in [0.1, 0.15) is 108 Å². The highest BCUT2D eigenvalue weighted by atomic mass is 16.6. The number of ether oxygens (including phenoxy) is 2. The summed E-state index contributed by atoms with van der Waals surface area (Å²) in [6, 6.07) is 0. The summed E-state index contributed by atoms with van der Waals surface area (Å²) in [6.07, 6.45) is 23.6. The molecule has 3 rings (SSSR count). The molecule has 1 unspecified atom stereocenters. The summed E-state index contributed by atoms with van der Waals surface area (Å²) >= 11 is 0. The second-order valence-corrected chi connectivity index (χ2v) is 15.9. The van der Waals surface area contributed by atoms with Gasteiger partial charge in [-0.25, -0.2) is 0 Å². The molecule has 2 aliphatic carbocycles. The first-order chi connectivity index (χ1) is 22.1. The number of aliphatic hydroxyl groups excluding tert-OH is 1. The Morgan fingerprint density at radius 3 is 1.92 bits per heavy atom. The Morgan fingerprint density at radius 2 is 1.38 bits per heavy atom. The van der Waals surface area contributed by atoms with Crippen molar-refractivity contribution in [2.45, 2.75) is 137 Å². The summed E-state index contributed by atoms with van der Waals surface area (Å²) in [5, 5.41) is 21.4. The van der Waals surface area contributed by atoms with Crippen LogP contribution in [0.25, 0.3) is 0 Å². The second kappa shape index (κ2) is 15.1. The van der Waals surface area contributed by atoms with Gasteiger partial charge in [-0.1, -0.05) is 99.6 Å². The zero-order valence-electron chi connectivity index (χ0n) is 31.1. The molecule has 5 atom stereocenters. The van der Waals surface area contributed by atoms with Crippen molar-refractivity contribution in [2.75, 3.05) is 0 Å². The molecule has 3 aliphatic rings. The number of epoxide rings is 1. The number of aliphatic hydroxyl groups is 2. The lowest BCUT2D eigenvalue weighted by atomic mass is 9.61. The van der Waals surface area contributed by atoms with E-state index in [9.17, 15) is 19.8 Å².